The van der Waals surface area contributed by atoms with Crippen molar-refractivity contribution in [2.24, 2.45) is 0 Å². The molecule has 0 saturated heterocycles. The minimum Gasteiger partial charge on any atom is -0.309 e. The Hall–Kier alpha value is -8.72. The van der Waals surface area contributed by atoms with E-state index >= 15 is 0 Å². The highest BCUT2D eigenvalue weighted by atomic mass is 15.0. The van der Waals surface area contributed by atoms with Crippen molar-refractivity contribution in [3.63, 3.8) is 0 Å². The summed E-state index contributed by atoms with van der Waals surface area (Å²) in [7, 11) is 0. The third-order valence-electron chi connectivity index (χ3n) is 16.2. The van der Waals surface area contributed by atoms with Crippen LogP contribution in [0.3, 0.4) is 0 Å². The van der Waals surface area contributed by atoms with Crippen LogP contribution in [-0.2, 0) is 10.8 Å². The summed E-state index contributed by atoms with van der Waals surface area (Å²) in [6.07, 6.45) is 0. The van der Waals surface area contributed by atoms with E-state index < -0.39 is 10.8 Å². The lowest BCUT2D eigenvalue weighted by atomic mass is 9.52. The summed E-state index contributed by atoms with van der Waals surface area (Å²) < 4.78 is 4.93. The summed E-state index contributed by atoms with van der Waals surface area (Å²) in [5.74, 6) is 0. The van der Waals surface area contributed by atoms with Crippen molar-refractivity contribution in [1.82, 2.24) is 9.13 Å². The molecule has 0 fully saturated rings. The van der Waals surface area contributed by atoms with E-state index in [1.165, 1.54) is 121 Å². The van der Waals surface area contributed by atoms with Crippen LogP contribution in [0.4, 0.5) is 0 Å². The maximum atomic E-state index is 2.60. The minimum absolute atomic E-state index is 0.481. The second-order valence-electron chi connectivity index (χ2n) is 19.0. The van der Waals surface area contributed by atoms with Crippen LogP contribution in [0, 0.1) is 0 Å². The van der Waals surface area contributed by atoms with E-state index in [1.54, 1.807) is 0 Å². The van der Waals surface area contributed by atoms with Crippen LogP contribution in [0.5, 0.6) is 0 Å². The van der Waals surface area contributed by atoms with Gasteiger partial charge in [0, 0.05) is 32.9 Å². The fourth-order valence-electron chi connectivity index (χ4n) is 13.7. The molecule has 0 radical (unpaired) electrons. The Labute approximate surface area is 393 Å². The van der Waals surface area contributed by atoms with Crippen LogP contribution in [0.1, 0.15) is 44.5 Å². The summed E-state index contributed by atoms with van der Waals surface area (Å²) >= 11 is 0. The van der Waals surface area contributed by atoms with Gasteiger partial charge in [0.25, 0.3) is 0 Å². The van der Waals surface area contributed by atoms with Gasteiger partial charge in [0.15, 0.2) is 0 Å². The molecule has 2 nitrogen and oxygen atoms in total. The van der Waals surface area contributed by atoms with Gasteiger partial charge in [0.2, 0.25) is 0 Å². The number of para-hydroxylation sites is 2. The zero-order valence-electron chi connectivity index (χ0n) is 37.0. The molecule has 0 amide bonds. The van der Waals surface area contributed by atoms with Gasteiger partial charge in [-0.15, -0.1) is 0 Å². The highest BCUT2D eigenvalue weighted by molar-refractivity contribution is 6.22. The molecule has 0 unspecified atom stereocenters. The molecule has 0 N–H and O–H groups in total. The lowest BCUT2D eigenvalue weighted by Gasteiger charge is -2.48. The first-order chi connectivity index (χ1) is 33.8. The van der Waals surface area contributed by atoms with Crippen LogP contribution < -0.4 is 0 Å². The van der Waals surface area contributed by atoms with Gasteiger partial charge in [-0.3, -0.25) is 0 Å². The Morgan fingerprint density at radius 1 is 0.235 bits per heavy atom. The Bertz CT molecular complexity index is 4180. The predicted octanol–water partition coefficient (Wildman–Crippen LogP) is 16.1. The van der Waals surface area contributed by atoms with E-state index in [2.05, 4.69) is 252 Å². The summed E-state index contributed by atoms with van der Waals surface area (Å²) in [6, 6.07) is 91.9. The lowest BCUT2D eigenvalue weighted by Crippen LogP contribution is -2.43. The number of hydrogen-bond acceptors (Lipinski definition) is 0. The van der Waals surface area contributed by atoms with Crippen molar-refractivity contribution in [2.75, 3.05) is 0 Å². The Morgan fingerprint density at radius 2 is 0.632 bits per heavy atom. The molecular weight excluding hydrogens is 821 g/mol. The van der Waals surface area contributed by atoms with Gasteiger partial charge in [-0.25, -0.2) is 0 Å². The molecule has 0 bridgehead atoms. The second kappa shape index (κ2) is 13.0. The van der Waals surface area contributed by atoms with Crippen LogP contribution in [0.25, 0.3) is 88.0 Å². The van der Waals surface area contributed by atoms with Gasteiger partial charge >= 0.3 is 0 Å². The first kappa shape index (κ1) is 36.5. The fraction of sp³-hybridized carbons (Fsp3) is 0.0303. The molecule has 2 spiro atoms. The Morgan fingerprint density at radius 3 is 1.16 bits per heavy atom. The van der Waals surface area contributed by atoms with E-state index in [0.29, 0.717) is 0 Å². The monoisotopic (exact) mass is 860 g/mol. The molecule has 16 rings (SSSR count). The van der Waals surface area contributed by atoms with Crippen molar-refractivity contribution in [3.8, 4) is 33.6 Å². The molecule has 0 aliphatic heterocycles. The molecule has 2 aromatic heterocycles. The van der Waals surface area contributed by atoms with Gasteiger partial charge < -0.3 is 9.13 Å². The molecule has 68 heavy (non-hydrogen) atoms. The molecule has 3 aliphatic carbocycles. The van der Waals surface area contributed by atoms with Gasteiger partial charge in [0.1, 0.15) is 0 Å². The number of fused-ring (bicyclic) bond motifs is 24. The maximum Gasteiger partial charge on any atom is 0.0720 e. The first-order valence-electron chi connectivity index (χ1n) is 23.8. The minimum atomic E-state index is -0.575. The molecule has 3 aliphatic rings. The second-order valence-corrected chi connectivity index (χ2v) is 19.0. The summed E-state index contributed by atoms with van der Waals surface area (Å²) in [4.78, 5) is 0. The predicted molar refractivity (Wildman–Crippen MR) is 281 cm³/mol. The normalized spacial score (nSPS) is 14.4. The molecule has 0 atom stereocenters. The van der Waals surface area contributed by atoms with Gasteiger partial charge in [-0.2, -0.15) is 0 Å². The molecule has 2 heterocycles. The average Bonchev–Trinajstić information content (AvgIpc) is 4.11. The first-order valence-corrected chi connectivity index (χ1v) is 23.8. The maximum absolute atomic E-state index is 2.60. The van der Waals surface area contributed by atoms with E-state index in [-0.39, 0.29) is 0 Å². The number of hydrogen-bond donors (Lipinski definition) is 0. The number of nitrogens with zero attached hydrogens (tertiary/aromatic N) is 2. The third-order valence-corrected chi connectivity index (χ3v) is 16.2. The van der Waals surface area contributed by atoms with E-state index in [9.17, 15) is 0 Å². The van der Waals surface area contributed by atoms with E-state index in [4.69, 9.17) is 0 Å². The smallest absolute Gasteiger partial charge is 0.0720 e. The molecule has 314 valence electrons. The summed E-state index contributed by atoms with van der Waals surface area (Å²) in [5, 5.41) is 7.59. The van der Waals surface area contributed by atoms with Crippen molar-refractivity contribution < 1.29 is 0 Å². The highest BCUT2D eigenvalue weighted by Gasteiger charge is 2.59. The zero-order chi connectivity index (χ0) is 44.3. The molecule has 11 aromatic carbocycles. The largest absolute Gasteiger partial charge is 0.309 e. The lowest BCUT2D eigenvalue weighted by molar-refractivity contribution is 0.633. The average molecular weight is 861 g/mol. The van der Waals surface area contributed by atoms with Crippen LogP contribution in [0.2, 0.25) is 0 Å². The number of benzene rings is 11. The Balaban J connectivity index is 1.00. The quantitative estimate of drug-likeness (QED) is 0.164. The zero-order valence-corrected chi connectivity index (χ0v) is 37.0. The summed E-state index contributed by atoms with van der Waals surface area (Å²) in [6.45, 7) is 0. The van der Waals surface area contributed by atoms with Crippen molar-refractivity contribution in [1.29, 1.82) is 0 Å². The van der Waals surface area contributed by atoms with Crippen molar-refractivity contribution in [2.45, 2.75) is 10.8 Å². The molecule has 2 heteroatoms. The van der Waals surface area contributed by atoms with Crippen molar-refractivity contribution >= 4 is 54.4 Å². The molecular formula is C66H40N2. The number of rotatable bonds is 2. The highest BCUT2D eigenvalue weighted by Crippen LogP contribution is 2.67. The van der Waals surface area contributed by atoms with Crippen LogP contribution >= 0.6 is 0 Å². The fourth-order valence-corrected chi connectivity index (χ4v) is 13.7. The van der Waals surface area contributed by atoms with Gasteiger partial charge in [-0.1, -0.05) is 188 Å². The van der Waals surface area contributed by atoms with E-state index in [1.807, 2.05) is 0 Å². The summed E-state index contributed by atoms with van der Waals surface area (Å²) in [5.41, 5.74) is 22.1. The van der Waals surface area contributed by atoms with Gasteiger partial charge in [-0.05, 0) is 132 Å². The number of aromatic nitrogens is 2. The Kier molecular flexibility index (Phi) is 6.98. The van der Waals surface area contributed by atoms with Gasteiger partial charge in [0.05, 0.1) is 32.9 Å². The van der Waals surface area contributed by atoms with Crippen LogP contribution in [-0.4, -0.2) is 9.13 Å². The van der Waals surface area contributed by atoms with Crippen molar-refractivity contribution in [3.05, 3.63) is 287 Å². The van der Waals surface area contributed by atoms with Crippen LogP contribution in [0.15, 0.2) is 243 Å². The topological polar surface area (TPSA) is 9.86 Å². The molecule has 13 aromatic rings. The SMILES string of the molecule is c1ccc2c(c1)-c1ccccc1C21c2ccccc2C2(c3ccccc3-c3cc4c(cc32)c2c3ccccc3ccc2n4-c2ccc(-n3c4ccccc4c4ccccc43)cc2)c2ccccc21. The standard InChI is InChI=1S/C66H40N2/c1-2-18-44-41(17-1)33-38-62-64(44)51-39-59-50(40-63(51)68(62)43-36-34-42(35-37-43)67-60-31-15-6-22-48(60)49-23-7-16-32-61(49)67)47-21-5-10-26-54(47)66(59)57-29-13-11-27-55(57)65(56-28-12-14-30-58(56)66)52-24-8-3-19-45(52)46-20-4-9-25-53(46)65/h1-40H. The molecule has 0 saturated carbocycles. The third kappa shape index (κ3) is 4.26. The van der Waals surface area contributed by atoms with E-state index in [0.717, 1.165) is 11.4 Å².